The first kappa shape index (κ1) is 23.3. The third-order valence-electron chi connectivity index (χ3n) is 5.56. The zero-order valence-electron chi connectivity index (χ0n) is 18.7. The van der Waals surface area contributed by atoms with Crippen LogP contribution in [0.15, 0.2) is 53.7 Å². The molecule has 0 saturated carbocycles. The number of halogens is 1. The quantitative estimate of drug-likeness (QED) is 0.432. The molecule has 1 aliphatic rings. The van der Waals surface area contributed by atoms with Gasteiger partial charge < -0.3 is 14.4 Å². The molecule has 4 rings (SSSR count). The van der Waals surface area contributed by atoms with Crippen molar-refractivity contribution >= 4 is 23.4 Å². The van der Waals surface area contributed by atoms with E-state index in [1.54, 1.807) is 24.1 Å². The summed E-state index contributed by atoms with van der Waals surface area (Å²) in [5.74, 6) is 1.28. The van der Waals surface area contributed by atoms with Crippen molar-refractivity contribution in [3.05, 3.63) is 54.3 Å². The zero-order chi connectivity index (χ0) is 23.2. The molecule has 1 amide bonds. The Morgan fingerprint density at radius 2 is 1.97 bits per heavy atom. The number of amides is 1. The van der Waals surface area contributed by atoms with Crippen LogP contribution >= 0.6 is 11.8 Å². The van der Waals surface area contributed by atoms with Gasteiger partial charge in [-0.15, -0.1) is 10.2 Å². The Labute approximate surface area is 196 Å². The lowest BCUT2D eigenvalue weighted by molar-refractivity contribution is -0.116. The Morgan fingerprint density at radius 1 is 1.21 bits per heavy atom. The van der Waals surface area contributed by atoms with Crippen molar-refractivity contribution in [2.75, 3.05) is 30.9 Å². The molecule has 1 saturated heterocycles. The number of anilines is 1. The summed E-state index contributed by atoms with van der Waals surface area (Å²) >= 11 is 1.35. The first-order valence-electron chi connectivity index (χ1n) is 11.0. The Kier molecular flexibility index (Phi) is 7.61. The van der Waals surface area contributed by atoms with E-state index in [0.717, 1.165) is 36.6 Å². The van der Waals surface area contributed by atoms with Crippen molar-refractivity contribution in [3.8, 4) is 17.1 Å². The van der Waals surface area contributed by atoms with E-state index in [1.165, 1.54) is 23.9 Å². The molecule has 2 heterocycles. The summed E-state index contributed by atoms with van der Waals surface area (Å²) in [6.07, 6.45) is 2.12. The zero-order valence-corrected chi connectivity index (χ0v) is 19.6. The number of hydrogen-bond donors (Lipinski definition) is 0. The third kappa shape index (κ3) is 5.54. The van der Waals surface area contributed by atoms with Crippen molar-refractivity contribution < 1.29 is 18.7 Å². The topological polar surface area (TPSA) is 69.5 Å². The molecule has 1 aliphatic heterocycles. The van der Waals surface area contributed by atoms with Crippen molar-refractivity contribution in [2.24, 2.45) is 0 Å². The smallest absolute Gasteiger partial charge is 0.237 e. The lowest BCUT2D eigenvalue weighted by Crippen LogP contribution is -2.32. The standard InChI is InChI=1S/C24H27FN4O3S/c1-3-28(19-10-8-18(25)9-11-19)22(30)16-33-24-27-26-23(17-6-12-20(31-2)13-7-17)29(24)15-21-5-4-14-32-21/h6-13,21H,3-5,14-16H2,1-2H3. The number of carbonyl (C=O) groups excluding carboxylic acids is 1. The summed E-state index contributed by atoms with van der Waals surface area (Å²) in [6, 6.07) is 13.6. The molecule has 0 aliphatic carbocycles. The van der Waals surface area contributed by atoms with Crippen molar-refractivity contribution in [3.63, 3.8) is 0 Å². The molecule has 0 N–H and O–H groups in total. The van der Waals surface area contributed by atoms with Crippen molar-refractivity contribution in [2.45, 2.75) is 37.6 Å². The van der Waals surface area contributed by atoms with Gasteiger partial charge in [-0.05, 0) is 68.3 Å². The highest BCUT2D eigenvalue weighted by atomic mass is 32.2. The van der Waals surface area contributed by atoms with Gasteiger partial charge in [-0.25, -0.2) is 4.39 Å². The molecule has 0 radical (unpaired) electrons. The number of aromatic nitrogens is 3. The second kappa shape index (κ2) is 10.8. The maximum absolute atomic E-state index is 13.3. The van der Waals surface area contributed by atoms with Crippen LogP contribution in [0.25, 0.3) is 11.4 Å². The largest absolute Gasteiger partial charge is 0.497 e. The van der Waals surface area contributed by atoms with E-state index < -0.39 is 0 Å². The van der Waals surface area contributed by atoms with Crippen molar-refractivity contribution in [1.82, 2.24) is 14.8 Å². The van der Waals surface area contributed by atoms with Crippen LogP contribution in [0.2, 0.25) is 0 Å². The lowest BCUT2D eigenvalue weighted by atomic mass is 10.2. The normalized spacial score (nSPS) is 15.5. The molecule has 2 aromatic carbocycles. The molecule has 1 fully saturated rings. The minimum atomic E-state index is -0.329. The molecule has 174 valence electrons. The highest BCUT2D eigenvalue weighted by Gasteiger charge is 2.23. The van der Waals surface area contributed by atoms with Crippen LogP contribution in [0.3, 0.4) is 0 Å². The number of methoxy groups -OCH3 is 1. The summed E-state index contributed by atoms with van der Waals surface area (Å²) < 4.78 is 26.4. The average molecular weight is 471 g/mol. The summed E-state index contributed by atoms with van der Waals surface area (Å²) in [5.41, 5.74) is 1.59. The number of benzene rings is 2. The van der Waals surface area contributed by atoms with Gasteiger partial charge in [0.25, 0.3) is 0 Å². The Bertz CT molecular complexity index is 1070. The predicted molar refractivity (Wildman–Crippen MR) is 126 cm³/mol. The van der Waals surface area contributed by atoms with Crippen LogP contribution < -0.4 is 9.64 Å². The first-order chi connectivity index (χ1) is 16.1. The van der Waals surface area contributed by atoms with E-state index in [1.807, 2.05) is 35.8 Å². The highest BCUT2D eigenvalue weighted by Crippen LogP contribution is 2.28. The number of hydrogen-bond acceptors (Lipinski definition) is 6. The molecule has 3 aromatic rings. The van der Waals surface area contributed by atoms with Crippen LogP contribution in [0.4, 0.5) is 10.1 Å². The summed E-state index contributed by atoms with van der Waals surface area (Å²) in [5, 5.41) is 9.48. The third-order valence-corrected chi connectivity index (χ3v) is 6.51. The van der Waals surface area contributed by atoms with Crippen LogP contribution in [0.5, 0.6) is 5.75 Å². The molecule has 0 bridgehead atoms. The van der Waals surface area contributed by atoms with E-state index >= 15 is 0 Å². The summed E-state index contributed by atoms with van der Waals surface area (Å²) in [7, 11) is 1.63. The van der Waals surface area contributed by atoms with Crippen LogP contribution in [0, 0.1) is 5.82 Å². The van der Waals surface area contributed by atoms with Gasteiger partial charge in [0, 0.05) is 24.4 Å². The second-order valence-electron chi connectivity index (χ2n) is 7.68. The van der Waals surface area contributed by atoms with Gasteiger partial charge in [0.05, 0.1) is 25.5 Å². The van der Waals surface area contributed by atoms with Crippen LogP contribution in [-0.2, 0) is 16.1 Å². The van der Waals surface area contributed by atoms with Gasteiger partial charge in [0.2, 0.25) is 5.91 Å². The molecular formula is C24H27FN4O3S. The van der Waals surface area contributed by atoms with Gasteiger partial charge in [-0.1, -0.05) is 11.8 Å². The fourth-order valence-corrected chi connectivity index (χ4v) is 4.66. The molecule has 33 heavy (non-hydrogen) atoms. The first-order valence-corrected chi connectivity index (χ1v) is 12.0. The predicted octanol–water partition coefficient (Wildman–Crippen LogP) is 4.42. The number of carbonyl (C=O) groups is 1. The van der Waals surface area contributed by atoms with Gasteiger partial charge >= 0.3 is 0 Å². The maximum Gasteiger partial charge on any atom is 0.237 e. The number of ether oxygens (including phenoxy) is 2. The highest BCUT2D eigenvalue weighted by molar-refractivity contribution is 7.99. The monoisotopic (exact) mass is 470 g/mol. The van der Waals surface area contributed by atoms with Gasteiger partial charge in [0.1, 0.15) is 11.6 Å². The van der Waals surface area contributed by atoms with Gasteiger partial charge in [-0.2, -0.15) is 0 Å². The Balaban J connectivity index is 1.53. The summed E-state index contributed by atoms with van der Waals surface area (Å²) in [4.78, 5) is 14.6. The van der Waals surface area contributed by atoms with Crippen molar-refractivity contribution in [1.29, 1.82) is 0 Å². The number of nitrogens with zero attached hydrogens (tertiary/aromatic N) is 4. The molecular weight excluding hydrogens is 443 g/mol. The average Bonchev–Trinajstić information content (AvgIpc) is 3.50. The lowest BCUT2D eigenvalue weighted by Gasteiger charge is -2.21. The van der Waals surface area contributed by atoms with E-state index in [0.29, 0.717) is 23.9 Å². The SMILES string of the molecule is CCN(C(=O)CSc1nnc(-c2ccc(OC)cc2)n1CC1CCCO1)c1ccc(F)cc1. The Morgan fingerprint density at radius 3 is 2.61 bits per heavy atom. The maximum atomic E-state index is 13.3. The molecule has 0 spiro atoms. The van der Waals surface area contributed by atoms with E-state index in [2.05, 4.69) is 10.2 Å². The fraction of sp³-hybridized carbons (Fsp3) is 0.375. The summed E-state index contributed by atoms with van der Waals surface area (Å²) in [6.45, 7) is 3.77. The molecule has 1 aromatic heterocycles. The molecule has 9 heteroatoms. The minimum Gasteiger partial charge on any atom is -0.497 e. The molecule has 1 unspecified atom stereocenters. The van der Waals surface area contributed by atoms with Gasteiger partial charge in [-0.3, -0.25) is 9.36 Å². The number of rotatable bonds is 9. The Hall–Kier alpha value is -2.91. The minimum absolute atomic E-state index is 0.0771. The molecule has 7 nitrogen and oxygen atoms in total. The molecule has 1 atom stereocenters. The van der Waals surface area contributed by atoms with E-state index in [9.17, 15) is 9.18 Å². The van der Waals surface area contributed by atoms with Crippen LogP contribution in [0.1, 0.15) is 19.8 Å². The van der Waals surface area contributed by atoms with E-state index in [4.69, 9.17) is 9.47 Å². The second-order valence-corrected chi connectivity index (χ2v) is 8.63. The van der Waals surface area contributed by atoms with Crippen LogP contribution in [-0.4, -0.2) is 52.8 Å². The van der Waals surface area contributed by atoms with E-state index in [-0.39, 0.29) is 23.6 Å². The fourth-order valence-electron chi connectivity index (χ4n) is 3.83. The number of thioether (sulfide) groups is 1. The van der Waals surface area contributed by atoms with Gasteiger partial charge in [0.15, 0.2) is 11.0 Å².